The van der Waals surface area contributed by atoms with Crippen molar-refractivity contribution in [3.05, 3.63) is 0 Å². The SMILES string of the molecule is CC(C)(CCC(=O)O)NC(=O)CCN1C(=O)CCC1=O. The second kappa shape index (κ2) is 6.49. The van der Waals surface area contributed by atoms with E-state index in [-0.39, 0.29) is 49.9 Å². The molecule has 1 aliphatic rings. The van der Waals surface area contributed by atoms with Gasteiger partial charge in [-0.05, 0) is 20.3 Å². The van der Waals surface area contributed by atoms with Crippen molar-refractivity contribution < 1.29 is 24.3 Å². The number of carbonyl (C=O) groups is 4. The van der Waals surface area contributed by atoms with Crippen LogP contribution in [0.3, 0.4) is 0 Å². The number of likely N-dealkylation sites (tertiary alicyclic amines) is 1. The number of hydrogen-bond acceptors (Lipinski definition) is 4. The van der Waals surface area contributed by atoms with Crippen molar-refractivity contribution in [2.24, 2.45) is 0 Å². The largest absolute Gasteiger partial charge is 0.481 e. The van der Waals surface area contributed by atoms with Gasteiger partial charge in [-0.1, -0.05) is 0 Å². The van der Waals surface area contributed by atoms with Crippen molar-refractivity contribution in [3.63, 3.8) is 0 Å². The first kappa shape index (κ1) is 16.1. The van der Waals surface area contributed by atoms with Crippen molar-refractivity contribution in [2.75, 3.05) is 6.54 Å². The zero-order valence-electron chi connectivity index (χ0n) is 11.8. The summed E-state index contributed by atoms with van der Waals surface area (Å²) in [5.41, 5.74) is -0.630. The molecule has 0 aromatic carbocycles. The third-order valence-electron chi connectivity index (χ3n) is 3.16. The molecule has 0 radical (unpaired) electrons. The summed E-state index contributed by atoms with van der Waals surface area (Å²) in [7, 11) is 0. The third-order valence-corrected chi connectivity index (χ3v) is 3.16. The lowest BCUT2D eigenvalue weighted by Gasteiger charge is -2.26. The molecule has 0 aromatic heterocycles. The highest BCUT2D eigenvalue weighted by Crippen LogP contribution is 2.14. The predicted octanol–water partition coefficient (Wildman–Crippen LogP) is 0.285. The fourth-order valence-corrected chi connectivity index (χ4v) is 2.01. The first-order valence-electron chi connectivity index (χ1n) is 6.57. The van der Waals surface area contributed by atoms with Crippen LogP contribution in [0.25, 0.3) is 0 Å². The standard InChI is InChI=1S/C13H20N2O5/c1-13(2,7-5-12(19)20)14-9(16)6-8-15-10(17)3-4-11(15)18/h3-8H2,1-2H3,(H,14,16)(H,19,20). The minimum Gasteiger partial charge on any atom is -0.481 e. The van der Waals surface area contributed by atoms with Gasteiger partial charge in [0.15, 0.2) is 0 Å². The maximum absolute atomic E-state index is 11.8. The van der Waals surface area contributed by atoms with Gasteiger partial charge in [0.25, 0.3) is 0 Å². The van der Waals surface area contributed by atoms with E-state index in [1.807, 2.05) is 0 Å². The third kappa shape index (κ3) is 4.99. The molecule has 1 rings (SSSR count). The number of nitrogens with one attached hydrogen (secondary N) is 1. The van der Waals surface area contributed by atoms with Gasteiger partial charge in [-0.15, -0.1) is 0 Å². The Morgan fingerprint density at radius 3 is 2.25 bits per heavy atom. The number of nitrogens with zero attached hydrogens (tertiary/aromatic N) is 1. The van der Waals surface area contributed by atoms with Crippen LogP contribution in [0, 0.1) is 0 Å². The van der Waals surface area contributed by atoms with Crippen molar-refractivity contribution in [1.82, 2.24) is 10.2 Å². The van der Waals surface area contributed by atoms with Gasteiger partial charge in [0, 0.05) is 37.8 Å². The highest BCUT2D eigenvalue weighted by molar-refractivity contribution is 6.02. The molecule has 0 bridgehead atoms. The fraction of sp³-hybridized carbons (Fsp3) is 0.692. The number of aliphatic carboxylic acids is 1. The van der Waals surface area contributed by atoms with Gasteiger partial charge in [0.05, 0.1) is 0 Å². The maximum Gasteiger partial charge on any atom is 0.303 e. The summed E-state index contributed by atoms with van der Waals surface area (Å²) < 4.78 is 0. The van der Waals surface area contributed by atoms with Gasteiger partial charge >= 0.3 is 5.97 Å². The molecule has 1 fully saturated rings. The molecule has 0 atom stereocenters. The van der Waals surface area contributed by atoms with Crippen molar-refractivity contribution in [1.29, 1.82) is 0 Å². The van der Waals surface area contributed by atoms with E-state index in [1.54, 1.807) is 13.8 Å². The fourth-order valence-electron chi connectivity index (χ4n) is 2.01. The quantitative estimate of drug-likeness (QED) is 0.654. The molecule has 1 saturated heterocycles. The van der Waals surface area contributed by atoms with E-state index in [0.717, 1.165) is 4.90 Å². The zero-order valence-corrected chi connectivity index (χ0v) is 11.8. The Labute approximate surface area is 117 Å². The lowest BCUT2D eigenvalue weighted by Crippen LogP contribution is -2.45. The summed E-state index contributed by atoms with van der Waals surface area (Å²) in [5.74, 6) is -1.70. The highest BCUT2D eigenvalue weighted by atomic mass is 16.4. The topological polar surface area (TPSA) is 104 Å². The van der Waals surface area contributed by atoms with Gasteiger partial charge in [-0.3, -0.25) is 24.1 Å². The highest BCUT2D eigenvalue weighted by Gasteiger charge is 2.29. The number of carbonyl (C=O) groups excluding carboxylic acids is 3. The molecular weight excluding hydrogens is 264 g/mol. The second-order valence-electron chi connectivity index (χ2n) is 5.51. The van der Waals surface area contributed by atoms with Gasteiger partial charge in [0.2, 0.25) is 17.7 Å². The summed E-state index contributed by atoms with van der Waals surface area (Å²) in [6.07, 6.45) is 0.745. The molecule has 0 aromatic rings. The van der Waals surface area contributed by atoms with E-state index in [4.69, 9.17) is 5.11 Å². The Bertz CT molecular complexity index is 414. The molecule has 7 nitrogen and oxygen atoms in total. The molecule has 0 unspecified atom stereocenters. The molecule has 2 N–H and O–H groups in total. The van der Waals surface area contributed by atoms with Gasteiger partial charge in [-0.2, -0.15) is 0 Å². The smallest absolute Gasteiger partial charge is 0.303 e. The summed E-state index contributed by atoms with van der Waals surface area (Å²) in [4.78, 5) is 46.1. The summed E-state index contributed by atoms with van der Waals surface area (Å²) in [6, 6.07) is 0. The van der Waals surface area contributed by atoms with Gasteiger partial charge in [0.1, 0.15) is 0 Å². The first-order chi connectivity index (χ1) is 9.21. The summed E-state index contributed by atoms with van der Waals surface area (Å²) >= 11 is 0. The summed E-state index contributed by atoms with van der Waals surface area (Å²) in [5, 5.41) is 11.3. The molecule has 20 heavy (non-hydrogen) atoms. The minimum atomic E-state index is -0.916. The summed E-state index contributed by atoms with van der Waals surface area (Å²) in [6.45, 7) is 3.55. The number of imide groups is 1. The molecule has 3 amide bonds. The van der Waals surface area contributed by atoms with Gasteiger partial charge in [-0.25, -0.2) is 0 Å². The number of carboxylic acids is 1. The Hall–Kier alpha value is -1.92. The van der Waals surface area contributed by atoms with Crippen LogP contribution < -0.4 is 5.32 Å². The van der Waals surface area contributed by atoms with Gasteiger partial charge < -0.3 is 10.4 Å². The molecule has 7 heteroatoms. The van der Waals surface area contributed by atoms with Crippen molar-refractivity contribution in [2.45, 2.75) is 51.5 Å². The first-order valence-corrected chi connectivity index (χ1v) is 6.57. The van der Waals surface area contributed by atoms with Crippen LogP contribution in [-0.4, -0.2) is 45.8 Å². The molecule has 1 heterocycles. The molecule has 112 valence electrons. The number of rotatable bonds is 7. The monoisotopic (exact) mass is 284 g/mol. The molecule has 0 saturated carbocycles. The van der Waals surface area contributed by atoms with Crippen LogP contribution in [0.2, 0.25) is 0 Å². The van der Waals surface area contributed by atoms with E-state index in [0.29, 0.717) is 6.42 Å². The minimum absolute atomic E-state index is 0.0314. The van der Waals surface area contributed by atoms with Crippen LogP contribution in [0.15, 0.2) is 0 Å². The van der Waals surface area contributed by atoms with E-state index >= 15 is 0 Å². The van der Waals surface area contributed by atoms with Crippen molar-refractivity contribution in [3.8, 4) is 0 Å². The Morgan fingerprint density at radius 1 is 1.20 bits per heavy atom. The number of hydrogen-bond donors (Lipinski definition) is 2. The van der Waals surface area contributed by atoms with E-state index in [1.165, 1.54) is 0 Å². The molecule has 1 aliphatic heterocycles. The predicted molar refractivity (Wildman–Crippen MR) is 69.7 cm³/mol. The van der Waals surface area contributed by atoms with Crippen LogP contribution in [0.5, 0.6) is 0 Å². The van der Waals surface area contributed by atoms with Crippen LogP contribution in [0.4, 0.5) is 0 Å². The number of amides is 3. The molecular formula is C13H20N2O5. The lowest BCUT2D eigenvalue weighted by atomic mass is 9.98. The van der Waals surface area contributed by atoms with Crippen LogP contribution >= 0.6 is 0 Å². The lowest BCUT2D eigenvalue weighted by molar-refractivity contribution is -0.140. The second-order valence-corrected chi connectivity index (χ2v) is 5.51. The average Bonchev–Trinajstić information content (AvgIpc) is 2.64. The van der Waals surface area contributed by atoms with E-state index < -0.39 is 11.5 Å². The van der Waals surface area contributed by atoms with Crippen LogP contribution in [-0.2, 0) is 19.2 Å². The molecule has 0 aliphatic carbocycles. The Morgan fingerprint density at radius 2 is 1.75 bits per heavy atom. The number of carboxylic acid groups (broad SMARTS) is 1. The normalized spacial score (nSPS) is 15.6. The Balaban J connectivity index is 2.37. The van der Waals surface area contributed by atoms with Crippen LogP contribution in [0.1, 0.15) is 46.0 Å². The zero-order chi connectivity index (χ0) is 15.3. The van der Waals surface area contributed by atoms with Crippen molar-refractivity contribution >= 4 is 23.7 Å². The molecule has 0 spiro atoms. The van der Waals surface area contributed by atoms with E-state index in [9.17, 15) is 19.2 Å². The average molecular weight is 284 g/mol. The Kier molecular flexibility index (Phi) is 5.24. The maximum atomic E-state index is 11.8. The van der Waals surface area contributed by atoms with E-state index in [2.05, 4.69) is 5.32 Å².